The molecule has 0 aliphatic rings. The largest absolute Gasteiger partial charge is 0.376 e. The fraction of sp³-hybridized carbons (Fsp3) is 0.154. The zero-order valence-corrected chi connectivity index (χ0v) is 11.3. The molecule has 3 heterocycles. The first-order valence-corrected chi connectivity index (χ1v) is 6.80. The van der Waals surface area contributed by atoms with E-state index < -0.39 is 0 Å². The number of rotatable bonds is 4. The van der Waals surface area contributed by atoms with Crippen molar-refractivity contribution in [3.05, 3.63) is 53.1 Å². The highest BCUT2D eigenvalue weighted by Gasteiger charge is 2.08. The summed E-state index contributed by atoms with van der Waals surface area (Å²) in [5.74, 6) is 1.77. The smallest absolute Gasteiger partial charge is 0.161 e. The number of thiazole rings is 1. The Morgan fingerprint density at radius 2 is 2.16 bits per heavy atom. The fourth-order valence-corrected chi connectivity index (χ4v) is 2.40. The number of aromatic nitrogens is 4. The fourth-order valence-electron chi connectivity index (χ4n) is 1.84. The van der Waals surface area contributed by atoms with Crippen LogP contribution < -0.4 is 5.32 Å². The van der Waals surface area contributed by atoms with Gasteiger partial charge >= 0.3 is 0 Å². The lowest BCUT2D eigenvalue weighted by Gasteiger charge is -2.11. The van der Waals surface area contributed by atoms with E-state index in [9.17, 15) is 0 Å². The van der Waals surface area contributed by atoms with Crippen molar-refractivity contribution in [2.75, 3.05) is 5.32 Å². The monoisotopic (exact) mass is 271 g/mol. The molecule has 1 N–H and O–H groups in total. The molecule has 0 atom stereocenters. The van der Waals surface area contributed by atoms with Gasteiger partial charge in [-0.3, -0.25) is 4.57 Å². The topological polar surface area (TPSA) is 55.6 Å². The lowest BCUT2D eigenvalue weighted by Crippen LogP contribution is -2.06. The number of anilines is 1. The summed E-state index contributed by atoms with van der Waals surface area (Å²) in [6.07, 6.45) is 7.27. The molecule has 0 unspecified atom stereocenters. The molecule has 0 aliphatic heterocycles. The van der Waals surface area contributed by atoms with Crippen molar-refractivity contribution in [2.24, 2.45) is 0 Å². The highest BCUT2D eigenvalue weighted by Crippen LogP contribution is 2.19. The van der Waals surface area contributed by atoms with Crippen LogP contribution in [0.2, 0.25) is 0 Å². The van der Waals surface area contributed by atoms with Crippen molar-refractivity contribution in [1.29, 1.82) is 0 Å². The van der Waals surface area contributed by atoms with Gasteiger partial charge in [0.05, 0.1) is 12.2 Å². The minimum absolute atomic E-state index is 0.699. The summed E-state index contributed by atoms with van der Waals surface area (Å²) in [5, 5.41) is 6.39. The van der Waals surface area contributed by atoms with E-state index in [2.05, 4.69) is 20.3 Å². The average Bonchev–Trinajstić information content (AvgIpc) is 3.08. The first-order valence-electron chi connectivity index (χ1n) is 5.92. The van der Waals surface area contributed by atoms with E-state index in [4.69, 9.17) is 0 Å². The highest BCUT2D eigenvalue weighted by atomic mass is 32.1. The van der Waals surface area contributed by atoms with Crippen molar-refractivity contribution in [3.8, 4) is 5.82 Å². The molecule has 0 spiro atoms. The minimum Gasteiger partial charge on any atom is -0.376 e. The molecule has 3 aromatic rings. The lowest BCUT2D eigenvalue weighted by atomic mass is 10.3. The molecule has 0 aliphatic carbocycles. The number of nitrogens with zero attached hydrogens (tertiary/aromatic N) is 4. The highest BCUT2D eigenvalue weighted by molar-refractivity contribution is 7.09. The van der Waals surface area contributed by atoms with Gasteiger partial charge in [0.15, 0.2) is 5.82 Å². The number of aryl methyl sites for hydroxylation is 1. The Labute approximate surface area is 115 Å². The van der Waals surface area contributed by atoms with Crippen LogP contribution in [-0.2, 0) is 6.54 Å². The molecule has 6 heteroatoms. The van der Waals surface area contributed by atoms with E-state index in [0.717, 1.165) is 22.3 Å². The summed E-state index contributed by atoms with van der Waals surface area (Å²) in [4.78, 5) is 12.9. The van der Waals surface area contributed by atoms with E-state index in [1.54, 1.807) is 23.7 Å². The SMILES string of the molecule is Cc1nccn1-c1ncccc1NCc1nccs1. The molecule has 96 valence electrons. The van der Waals surface area contributed by atoms with Crippen molar-refractivity contribution in [2.45, 2.75) is 13.5 Å². The summed E-state index contributed by atoms with van der Waals surface area (Å²) >= 11 is 1.64. The Kier molecular flexibility index (Phi) is 3.24. The van der Waals surface area contributed by atoms with Crippen LogP contribution in [0, 0.1) is 6.92 Å². The second-order valence-corrected chi connectivity index (χ2v) is 4.98. The van der Waals surface area contributed by atoms with Crippen molar-refractivity contribution in [3.63, 3.8) is 0 Å². The van der Waals surface area contributed by atoms with Gasteiger partial charge in [0.2, 0.25) is 0 Å². The predicted octanol–water partition coefficient (Wildman–Crippen LogP) is 2.64. The maximum atomic E-state index is 4.43. The van der Waals surface area contributed by atoms with Gasteiger partial charge < -0.3 is 5.32 Å². The minimum atomic E-state index is 0.699. The molecule has 0 radical (unpaired) electrons. The van der Waals surface area contributed by atoms with E-state index in [1.807, 2.05) is 41.4 Å². The van der Waals surface area contributed by atoms with Gasteiger partial charge in [0.25, 0.3) is 0 Å². The quantitative estimate of drug-likeness (QED) is 0.792. The number of hydrogen-bond donors (Lipinski definition) is 1. The van der Waals surface area contributed by atoms with Crippen LogP contribution in [0.1, 0.15) is 10.8 Å². The van der Waals surface area contributed by atoms with Crippen LogP contribution in [-0.4, -0.2) is 19.5 Å². The second-order valence-electron chi connectivity index (χ2n) is 4.00. The van der Waals surface area contributed by atoms with Gasteiger partial charge in [-0.15, -0.1) is 11.3 Å². The predicted molar refractivity (Wildman–Crippen MR) is 75.5 cm³/mol. The Morgan fingerprint density at radius 1 is 1.21 bits per heavy atom. The van der Waals surface area contributed by atoms with Crippen molar-refractivity contribution < 1.29 is 0 Å². The summed E-state index contributed by atoms with van der Waals surface area (Å²) in [5.41, 5.74) is 0.971. The molecule has 0 saturated carbocycles. The third-order valence-electron chi connectivity index (χ3n) is 2.75. The number of imidazole rings is 1. The Hall–Kier alpha value is -2.21. The number of nitrogens with one attached hydrogen (secondary N) is 1. The molecule has 5 nitrogen and oxygen atoms in total. The summed E-state index contributed by atoms with van der Waals surface area (Å²) in [7, 11) is 0. The summed E-state index contributed by atoms with van der Waals surface area (Å²) < 4.78 is 1.96. The van der Waals surface area contributed by atoms with Crippen LogP contribution in [0.15, 0.2) is 42.3 Å². The average molecular weight is 271 g/mol. The molecular formula is C13H13N5S. The maximum Gasteiger partial charge on any atom is 0.161 e. The van der Waals surface area contributed by atoms with Gasteiger partial charge in [-0.05, 0) is 19.1 Å². The molecule has 3 aromatic heterocycles. The first-order chi connectivity index (χ1) is 9.34. The van der Waals surface area contributed by atoms with Crippen LogP contribution in [0.3, 0.4) is 0 Å². The van der Waals surface area contributed by atoms with E-state index >= 15 is 0 Å². The van der Waals surface area contributed by atoms with Crippen LogP contribution in [0.4, 0.5) is 5.69 Å². The third kappa shape index (κ3) is 2.48. The van der Waals surface area contributed by atoms with Gasteiger partial charge in [0, 0.05) is 30.2 Å². The molecule has 19 heavy (non-hydrogen) atoms. The second kappa shape index (κ2) is 5.19. The first kappa shape index (κ1) is 11.9. The Bertz CT molecular complexity index is 659. The van der Waals surface area contributed by atoms with Gasteiger partial charge in [-0.2, -0.15) is 0 Å². The molecular weight excluding hydrogens is 258 g/mol. The van der Waals surface area contributed by atoms with Crippen molar-refractivity contribution >= 4 is 17.0 Å². The molecule has 0 amide bonds. The number of pyridine rings is 1. The zero-order chi connectivity index (χ0) is 13.1. The third-order valence-corrected chi connectivity index (χ3v) is 3.53. The molecule has 0 aromatic carbocycles. The van der Waals surface area contributed by atoms with Gasteiger partial charge in [-0.1, -0.05) is 0 Å². The van der Waals surface area contributed by atoms with Gasteiger partial charge in [0.1, 0.15) is 10.8 Å². The number of hydrogen-bond acceptors (Lipinski definition) is 5. The van der Waals surface area contributed by atoms with Crippen LogP contribution >= 0.6 is 11.3 Å². The van der Waals surface area contributed by atoms with E-state index in [1.165, 1.54) is 0 Å². The lowest BCUT2D eigenvalue weighted by molar-refractivity contribution is 0.928. The van der Waals surface area contributed by atoms with Gasteiger partial charge in [-0.25, -0.2) is 15.0 Å². The molecule has 3 rings (SSSR count). The van der Waals surface area contributed by atoms with E-state index in [0.29, 0.717) is 6.54 Å². The molecule has 0 saturated heterocycles. The standard InChI is InChI=1S/C13H13N5S/c1-10-14-5-7-18(10)13-11(3-2-4-16-13)17-9-12-15-6-8-19-12/h2-8,17H,9H2,1H3. The van der Waals surface area contributed by atoms with Crippen LogP contribution in [0.5, 0.6) is 0 Å². The Balaban J connectivity index is 1.88. The zero-order valence-electron chi connectivity index (χ0n) is 10.4. The summed E-state index contributed by atoms with van der Waals surface area (Å²) in [6, 6.07) is 3.93. The Morgan fingerprint density at radius 3 is 2.89 bits per heavy atom. The normalized spacial score (nSPS) is 10.6. The molecule has 0 bridgehead atoms. The molecule has 0 fully saturated rings. The van der Waals surface area contributed by atoms with Crippen molar-refractivity contribution in [1.82, 2.24) is 19.5 Å². The summed E-state index contributed by atoms with van der Waals surface area (Å²) in [6.45, 7) is 2.66. The van der Waals surface area contributed by atoms with E-state index in [-0.39, 0.29) is 0 Å². The van der Waals surface area contributed by atoms with Crippen LogP contribution in [0.25, 0.3) is 5.82 Å². The maximum absolute atomic E-state index is 4.43.